The fourth-order valence-corrected chi connectivity index (χ4v) is 4.14. The molecule has 0 saturated carbocycles. The van der Waals surface area contributed by atoms with Gasteiger partial charge in [-0.3, -0.25) is 9.59 Å². The Hall–Kier alpha value is -3.62. The molecule has 1 aromatic heterocycles. The molecule has 0 radical (unpaired) electrons. The Morgan fingerprint density at radius 2 is 1.71 bits per heavy atom. The highest BCUT2D eigenvalue weighted by Gasteiger charge is 2.31. The van der Waals surface area contributed by atoms with E-state index in [9.17, 15) is 22.8 Å². The fourth-order valence-electron chi connectivity index (χ4n) is 4.14. The highest BCUT2D eigenvalue weighted by atomic mass is 19.4. The molecule has 178 valence electrons. The van der Waals surface area contributed by atoms with Gasteiger partial charge in [-0.1, -0.05) is 42.5 Å². The number of hydrogen-bond donors (Lipinski definition) is 1. The number of aromatic nitrogens is 1. The van der Waals surface area contributed by atoms with E-state index in [0.29, 0.717) is 32.0 Å². The minimum atomic E-state index is -4.43. The number of fused-ring (bicyclic) bond motifs is 1. The first kappa shape index (κ1) is 23.5. The van der Waals surface area contributed by atoms with Gasteiger partial charge in [0.05, 0.1) is 12.0 Å². The van der Waals surface area contributed by atoms with Gasteiger partial charge in [-0.25, -0.2) is 4.98 Å². The SMILES string of the molecule is CC(NC(=O)Cc1cccc2ccccc12)C(=O)N1CCN(c2ccc(C(F)(F)F)cn2)CC1. The first-order chi connectivity index (χ1) is 16.2. The summed E-state index contributed by atoms with van der Waals surface area (Å²) >= 11 is 0. The number of halogens is 3. The molecule has 4 rings (SSSR count). The van der Waals surface area contributed by atoms with E-state index in [1.165, 1.54) is 6.07 Å². The average Bonchev–Trinajstić information content (AvgIpc) is 2.83. The lowest BCUT2D eigenvalue weighted by Gasteiger charge is -2.36. The number of carbonyl (C=O) groups is 2. The molecule has 1 aliphatic rings. The predicted octanol–water partition coefficient (Wildman–Crippen LogP) is 3.65. The number of hydrogen-bond acceptors (Lipinski definition) is 4. The third-order valence-electron chi connectivity index (χ3n) is 5.97. The minimum absolute atomic E-state index is 0.173. The van der Waals surface area contributed by atoms with E-state index < -0.39 is 17.8 Å². The molecule has 2 heterocycles. The average molecular weight is 470 g/mol. The van der Waals surface area contributed by atoms with Crippen molar-refractivity contribution < 1.29 is 22.8 Å². The van der Waals surface area contributed by atoms with Crippen molar-refractivity contribution in [3.05, 3.63) is 71.9 Å². The molecule has 1 unspecified atom stereocenters. The zero-order chi connectivity index (χ0) is 24.3. The van der Waals surface area contributed by atoms with Crippen molar-refractivity contribution in [3.63, 3.8) is 0 Å². The zero-order valence-corrected chi connectivity index (χ0v) is 18.7. The third-order valence-corrected chi connectivity index (χ3v) is 5.97. The van der Waals surface area contributed by atoms with Crippen molar-refractivity contribution in [2.24, 2.45) is 0 Å². The number of rotatable bonds is 5. The molecule has 0 aliphatic carbocycles. The molecule has 1 N–H and O–H groups in total. The van der Waals surface area contributed by atoms with Gasteiger partial charge in [-0.05, 0) is 35.4 Å². The largest absolute Gasteiger partial charge is 0.417 e. The number of benzene rings is 2. The van der Waals surface area contributed by atoms with Gasteiger partial charge in [0, 0.05) is 32.4 Å². The van der Waals surface area contributed by atoms with Gasteiger partial charge in [-0.2, -0.15) is 13.2 Å². The molecular formula is C25H25F3N4O2. The summed E-state index contributed by atoms with van der Waals surface area (Å²) in [4.78, 5) is 32.9. The van der Waals surface area contributed by atoms with Crippen LogP contribution < -0.4 is 10.2 Å². The molecule has 0 spiro atoms. The maximum absolute atomic E-state index is 12.8. The van der Waals surface area contributed by atoms with E-state index in [-0.39, 0.29) is 18.2 Å². The van der Waals surface area contributed by atoms with Gasteiger partial charge in [0.15, 0.2) is 0 Å². The lowest BCUT2D eigenvalue weighted by Crippen LogP contribution is -2.54. The summed E-state index contributed by atoms with van der Waals surface area (Å²) in [6, 6.07) is 15.3. The lowest BCUT2D eigenvalue weighted by atomic mass is 10.0. The topological polar surface area (TPSA) is 65.5 Å². The Morgan fingerprint density at radius 3 is 2.38 bits per heavy atom. The van der Waals surface area contributed by atoms with Crippen LogP contribution in [0.15, 0.2) is 60.8 Å². The molecule has 9 heteroatoms. The molecule has 1 saturated heterocycles. The third kappa shape index (κ3) is 5.30. The maximum Gasteiger partial charge on any atom is 0.417 e. The van der Waals surface area contributed by atoms with E-state index in [0.717, 1.165) is 28.6 Å². The van der Waals surface area contributed by atoms with Gasteiger partial charge >= 0.3 is 6.18 Å². The van der Waals surface area contributed by atoms with Crippen LogP contribution >= 0.6 is 0 Å². The zero-order valence-electron chi connectivity index (χ0n) is 18.7. The fraction of sp³-hybridized carbons (Fsp3) is 0.320. The van der Waals surface area contributed by atoms with Crippen LogP contribution in [0.25, 0.3) is 10.8 Å². The van der Waals surface area contributed by atoms with Crippen molar-refractivity contribution in [3.8, 4) is 0 Å². The summed E-state index contributed by atoms with van der Waals surface area (Å²) in [7, 11) is 0. The summed E-state index contributed by atoms with van der Waals surface area (Å²) in [6.45, 7) is 3.34. The number of nitrogens with one attached hydrogen (secondary N) is 1. The minimum Gasteiger partial charge on any atom is -0.353 e. The Balaban J connectivity index is 1.30. The maximum atomic E-state index is 12.8. The van der Waals surface area contributed by atoms with Gasteiger partial charge in [0.2, 0.25) is 11.8 Å². The lowest BCUT2D eigenvalue weighted by molar-refractivity contribution is -0.138. The van der Waals surface area contributed by atoms with Crippen molar-refractivity contribution in [1.82, 2.24) is 15.2 Å². The van der Waals surface area contributed by atoms with Crippen molar-refractivity contribution in [2.75, 3.05) is 31.1 Å². The molecule has 1 fully saturated rings. The Kier molecular flexibility index (Phi) is 6.72. The van der Waals surface area contributed by atoms with Gasteiger partial charge in [0.1, 0.15) is 11.9 Å². The van der Waals surface area contributed by atoms with Crippen LogP contribution in [0.4, 0.5) is 19.0 Å². The van der Waals surface area contributed by atoms with Gasteiger partial charge in [-0.15, -0.1) is 0 Å². The molecule has 1 atom stereocenters. The Morgan fingerprint density at radius 1 is 1.00 bits per heavy atom. The highest BCUT2D eigenvalue weighted by molar-refractivity contribution is 5.92. The first-order valence-electron chi connectivity index (χ1n) is 11.1. The first-order valence-corrected chi connectivity index (χ1v) is 11.1. The van der Waals surface area contributed by atoms with Crippen molar-refractivity contribution >= 4 is 28.4 Å². The van der Waals surface area contributed by atoms with Crippen LogP contribution in [-0.4, -0.2) is 53.9 Å². The van der Waals surface area contributed by atoms with E-state index in [2.05, 4.69) is 10.3 Å². The number of anilines is 1. The predicted molar refractivity (Wildman–Crippen MR) is 123 cm³/mol. The van der Waals surface area contributed by atoms with Crippen LogP contribution in [0.5, 0.6) is 0 Å². The molecule has 6 nitrogen and oxygen atoms in total. The quantitative estimate of drug-likeness (QED) is 0.618. The second-order valence-corrected chi connectivity index (χ2v) is 8.32. The molecule has 3 aromatic rings. The summed E-state index contributed by atoms with van der Waals surface area (Å²) in [6.07, 6.45) is -3.43. The van der Waals surface area contributed by atoms with Crippen LogP contribution in [-0.2, 0) is 22.2 Å². The molecule has 34 heavy (non-hydrogen) atoms. The van der Waals surface area contributed by atoms with E-state index in [1.807, 2.05) is 47.4 Å². The molecule has 2 amide bonds. The van der Waals surface area contributed by atoms with Crippen LogP contribution in [0, 0.1) is 0 Å². The number of pyridine rings is 1. The number of carbonyl (C=O) groups excluding carboxylic acids is 2. The summed E-state index contributed by atoms with van der Waals surface area (Å²) < 4.78 is 38.2. The summed E-state index contributed by atoms with van der Waals surface area (Å²) in [5, 5.41) is 4.85. The van der Waals surface area contributed by atoms with Crippen molar-refractivity contribution in [1.29, 1.82) is 0 Å². The standard InChI is InChI=1S/C25H25F3N4O2/c1-17(30-23(33)15-19-7-4-6-18-5-2-3-8-21(18)19)24(34)32-13-11-31(12-14-32)22-10-9-20(16-29-22)25(26,27)28/h2-10,16-17H,11-15H2,1H3,(H,30,33). The second-order valence-electron chi connectivity index (χ2n) is 8.32. The monoisotopic (exact) mass is 470 g/mol. The van der Waals surface area contributed by atoms with E-state index in [1.54, 1.807) is 11.8 Å². The normalized spacial score (nSPS) is 15.3. The number of piperazine rings is 1. The van der Waals surface area contributed by atoms with Crippen LogP contribution in [0.2, 0.25) is 0 Å². The van der Waals surface area contributed by atoms with Crippen LogP contribution in [0.3, 0.4) is 0 Å². The Labute approximate surface area is 195 Å². The highest BCUT2D eigenvalue weighted by Crippen LogP contribution is 2.29. The van der Waals surface area contributed by atoms with E-state index in [4.69, 9.17) is 0 Å². The van der Waals surface area contributed by atoms with Crippen molar-refractivity contribution in [2.45, 2.75) is 25.6 Å². The van der Waals surface area contributed by atoms with Crippen LogP contribution in [0.1, 0.15) is 18.1 Å². The molecular weight excluding hydrogens is 445 g/mol. The van der Waals surface area contributed by atoms with Gasteiger partial charge < -0.3 is 15.1 Å². The summed E-state index contributed by atoms with van der Waals surface area (Å²) in [5.74, 6) is 0.0210. The van der Waals surface area contributed by atoms with E-state index >= 15 is 0 Å². The molecule has 0 bridgehead atoms. The number of nitrogens with zero attached hydrogens (tertiary/aromatic N) is 3. The van der Waals surface area contributed by atoms with Gasteiger partial charge in [0.25, 0.3) is 0 Å². The smallest absolute Gasteiger partial charge is 0.353 e. The number of alkyl halides is 3. The summed E-state index contributed by atoms with van der Waals surface area (Å²) in [5.41, 5.74) is 0.103. The second kappa shape index (κ2) is 9.70. The number of amides is 2. The molecule has 2 aromatic carbocycles. The molecule has 1 aliphatic heterocycles. The Bertz CT molecular complexity index is 1170.